The Hall–Kier alpha value is -1.40. The zero-order valence-electron chi connectivity index (χ0n) is 9.53. The van der Waals surface area contributed by atoms with Gasteiger partial charge in [-0.1, -0.05) is 40.2 Å². The summed E-state index contributed by atoms with van der Waals surface area (Å²) >= 11 is 3.03. The summed E-state index contributed by atoms with van der Waals surface area (Å²) < 4.78 is 40.2. The topological polar surface area (TPSA) is 33.1 Å². The van der Waals surface area contributed by atoms with E-state index in [0.717, 1.165) is 6.07 Å². The fourth-order valence-electron chi connectivity index (χ4n) is 1.77. The molecule has 0 aliphatic rings. The lowest BCUT2D eigenvalue weighted by molar-refractivity contribution is -0.250. The molecule has 0 aliphatic heterocycles. The number of rotatable bonds is 2. The largest absolute Gasteiger partial charge is 0.427 e. The molecule has 1 N–H and O–H groups in total. The molecule has 0 saturated heterocycles. The maximum absolute atomic E-state index is 13.3. The minimum absolute atomic E-state index is 0.167. The van der Waals surface area contributed by atoms with Crippen LogP contribution in [-0.4, -0.2) is 16.3 Å². The van der Waals surface area contributed by atoms with Gasteiger partial charge in [-0.15, -0.1) is 0 Å². The summed E-state index contributed by atoms with van der Waals surface area (Å²) in [6.45, 7) is 0. The molecule has 2 rings (SSSR count). The van der Waals surface area contributed by atoms with Crippen LogP contribution in [0.1, 0.15) is 11.3 Å². The van der Waals surface area contributed by atoms with Gasteiger partial charge in [-0.2, -0.15) is 13.2 Å². The predicted molar refractivity (Wildman–Crippen MR) is 67.4 cm³/mol. The molecule has 6 heteroatoms. The van der Waals surface area contributed by atoms with E-state index in [4.69, 9.17) is 0 Å². The van der Waals surface area contributed by atoms with Crippen molar-refractivity contribution in [1.82, 2.24) is 4.98 Å². The lowest BCUT2D eigenvalue weighted by Crippen LogP contribution is -2.44. The number of hydrogen-bond donors (Lipinski definition) is 1. The summed E-state index contributed by atoms with van der Waals surface area (Å²) in [6, 6.07) is 9.69. The van der Waals surface area contributed by atoms with Crippen molar-refractivity contribution in [3.63, 3.8) is 0 Å². The molecule has 100 valence electrons. The third kappa shape index (κ3) is 2.37. The molecule has 0 spiro atoms. The number of hydrogen-bond acceptors (Lipinski definition) is 2. The van der Waals surface area contributed by atoms with Crippen LogP contribution < -0.4 is 0 Å². The summed E-state index contributed by atoms with van der Waals surface area (Å²) in [7, 11) is 0. The van der Waals surface area contributed by atoms with Crippen LogP contribution in [0.2, 0.25) is 0 Å². The van der Waals surface area contributed by atoms with Crippen LogP contribution in [0.25, 0.3) is 0 Å². The molecule has 0 fully saturated rings. The lowest BCUT2D eigenvalue weighted by Gasteiger charge is -2.31. The molecule has 2 aromatic rings. The van der Waals surface area contributed by atoms with Crippen LogP contribution in [0, 0.1) is 0 Å². The highest BCUT2D eigenvalue weighted by Gasteiger charge is 2.58. The summed E-state index contributed by atoms with van der Waals surface area (Å²) in [5.41, 5.74) is -3.90. The van der Waals surface area contributed by atoms with Gasteiger partial charge in [-0.25, -0.2) is 0 Å². The fourth-order valence-corrected chi connectivity index (χ4v) is 2.34. The van der Waals surface area contributed by atoms with E-state index >= 15 is 0 Å². The second-order valence-electron chi connectivity index (χ2n) is 3.90. The third-order valence-corrected chi connectivity index (χ3v) is 3.40. The predicted octanol–water partition coefficient (Wildman–Crippen LogP) is 3.64. The third-order valence-electron chi connectivity index (χ3n) is 2.71. The maximum Gasteiger partial charge on any atom is 0.427 e. The smallest absolute Gasteiger partial charge is 0.371 e. The molecule has 1 atom stereocenters. The summed E-state index contributed by atoms with van der Waals surface area (Å²) in [4.78, 5) is 3.64. The van der Waals surface area contributed by atoms with Gasteiger partial charge in [0.2, 0.25) is 5.60 Å². The number of aromatic nitrogens is 1. The van der Waals surface area contributed by atoms with Crippen molar-refractivity contribution >= 4 is 15.9 Å². The minimum atomic E-state index is -4.88. The van der Waals surface area contributed by atoms with E-state index in [-0.39, 0.29) is 10.0 Å². The SMILES string of the molecule is OC(c1ccccn1)(c1ccccc1Br)C(F)(F)F. The van der Waals surface area contributed by atoms with Crippen molar-refractivity contribution in [2.24, 2.45) is 0 Å². The van der Waals surface area contributed by atoms with E-state index in [1.54, 1.807) is 6.07 Å². The van der Waals surface area contributed by atoms with Gasteiger partial charge in [0.1, 0.15) is 0 Å². The van der Waals surface area contributed by atoms with E-state index in [9.17, 15) is 18.3 Å². The van der Waals surface area contributed by atoms with Gasteiger partial charge in [0.25, 0.3) is 0 Å². The lowest BCUT2D eigenvalue weighted by atomic mass is 9.89. The zero-order valence-corrected chi connectivity index (χ0v) is 11.1. The standard InChI is InChI=1S/C13H9BrF3NO/c14-10-6-2-1-5-9(10)12(19,13(15,16)17)11-7-3-4-8-18-11/h1-8,19H. The number of halogens is 4. The summed E-state index contributed by atoms with van der Waals surface area (Å²) in [5.74, 6) is 0. The second kappa shape index (κ2) is 4.94. The second-order valence-corrected chi connectivity index (χ2v) is 4.76. The molecule has 1 heterocycles. The van der Waals surface area contributed by atoms with E-state index in [1.165, 1.54) is 36.5 Å². The molecule has 0 bridgehead atoms. The highest BCUT2D eigenvalue weighted by atomic mass is 79.9. The molecule has 1 unspecified atom stereocenters. The minimum Gasteiger partial charge on any atom is -0.371 e. The molecule has 19 heavy (non-hydrogen) atoms. The van der Waals surface area contributed by atoms with E-state index in [1.807, 2.05) is 0 Å². The molecule has 0 aliphatic carbocycles. The van der Waals surface area contributed by atoms with Crippen molar-refractivity contribution in [2.45, 2.75) is 11.8 Å². The van der Waals surface area contributed by atoms with Gasteiger partial charge in [0.15, 0.2) is 0 Å². The number of nitrogens with zero attached hydrogens (tertiary/aromatic N) is 1. The van der Waals surface area contributed by atoms with Crippen LogP contribution >= 0.6 is 15.9 Å². The summed E-state index contributed by atoms with van der Waals surface area (Å²) in [6.07, 6.45) is -3.67. The van der Waals surface area contributed by atoms with Gasteiger partial charge >= 0.3 is 6.18 Å². The number of benzene rings is 1. The highest BCUT2D eigenvalue weighted by Crippen LogP contribution is 2.45. The first-order valence-corrected chi connectivity index (χ1v) is 6.12. The Kier molecular flexibility index (Phi) is 3.64. The average Bonchev–Trinajstić information content (AvgIpc) is 2.38. The van der Waals surface area contributed by atoms with Gasteiger partial charge in [-0.3, -0.25) is 4.98 Å². The Morgan fingerprint density at radius 2 is 1.63 bits per heavy atom. The van der Waals surface area contributed by atoms with Crippen molar-refractivity contribution < 1.29 is 18.3 Å². The van der Waals surface area contributed by atoms with Crippen LogP contribution in [0.5, 0.6) is 0 Å². The Balaban J connectivity index is 2.71. The molecule has 2 nitrogen and oxygen atoms in total. The number of pyridine rings is 1. The quantitative estimate of drug-likeness (QED) is 0.911. The Morgan fingerprint density at radius 3 is 2.16 bits per heavy atom. The van der Waals surface area contributed by atoms with Crippen LogP contribution in [0.3, 0.4) is 0 Å². The highest BCUT2D eigenvalue weighted by molar-refractivity contribution is 9.10. The average molecular weight is 332 g/mol. The van der Waals surface area contributed by atoms with E-state index < -0.39 is 17.5 Å². The monoisotopic (exact) mass is 331 g/mol. The fraction of sp³-hybridized carbons (Fsp3) is 0.154. The van der Waals surface area contributed by atoms with Crippen molar-refractivity contribution in [3.8, 4) is 0 Å². The Labute approximate surface area is 116 Å². The van der Waals surface area contributed by atoms with E-state index in [2.05, 4.69) is 20.9 Å². The Morgan fingerprint density at radius 1 is 1.00 bits per heavy atom. The van der Waals surface area contributed by atoms with Crippen LogP contribution in [0.4, 0.5) is 13.2 Å². The molecule has 0 saturated carbocycles. The molecular formula is C13H9BrF3NO. The molecule has 0 radical (unpaired) electrons. The first-order chi connectivity index (χ1) is 8.87. The maximum atomic E-state index is 13.3. The summed E-state index contributed by atoms with van der Waals surface area (Å²) in [5, 5.41) is 10.3. The number of aliphatic hydroxyl groups is 1. The van der Waals surface area contributed by atoms with Crippen LogP contribution in [-0.2, 0) is 5.60 Å². The zero-order chi connectivity index (χ0) is 14.1. The van der Waals surface area contributed by atoms with Crippen molar-refractivity contribution in [2.75, 3.05) is 0 Å². The molecule has 0 amide bonds. The number of alkyl halides is 3. The van der Waals surface area contributed by atoms with Crippen molar-refractivity contribution in [3.05, 3.63) is 64.4 Å². The van der Waals surface area contributed by atoms with Crippen LogP contribution in [0.15, 0.2) is 53.1 Å². The van der Waals surface area contributed by atoms with Gasteiger partial charge in [-0.05, 0) is 18.2 Å². The van der Waals surface area contributed by atoms with Crippen molar-refractivity contribution in [1.29, 1.82) is 0 Å². The first-order valence-electron chi connectivity index (χ1n) is 5.33. The Bertz CT molecular complexity index is 574. The first kappa shape index (κ1) is 14.0. The van der Waals surface area contributed by atoms with Gasteiger partial charge in [0, 0.05) is 16.2 Å². The molecule has 1 aromatic heterocycles. The van der Waals surface area contributed by atoms with Gasteiger partial charge < -0.3 is 5.11 Å². The van der Waals surface area contributed by atoms with E-state index in [0.29, 0.717) is 0 Å². The van der Waals surface area contributed by atoms with Gasteiger partial charge in [0.05, 0.1) is 5.69 Å². The molecular weight excluding hydrogens is 323 g/mol. The molecule has 1 aromatic carbocycles. The normalized spacial score (nSPS) is 15.0.